The second kappa shape index (κ2) is 10.2. The highest BCUT2D eigenvalue weighted by molar-refractivity contribution is 5.67. The first kappa shape index (κ1) is 17.5. The van der Waals surface area contributed by atoms with Crippen LogP contribution in [0.4, 0.5) is 4.79 Å². The molecule has 0 saturated carbocycles. The van der Waals surface area contributed by atoms with Crippen LogP contribution in [0.5, 0.6) is 0 Å². The number of carbonyl (C=O) groups is 1. The Hall–Kier alpha value is -1.59. The van der Waals surface area contributed by atoms with Crippen molar-refractivity contribution in [3.63, 3.8) is 0 Å². The topological polar surface area (TPSA) is 59.6 Å². The number of ether oxygens (including phenoxy) is 2. The normalized spacial score (nSPS) is 13.5. The van der Waals surface area contributed by atoms with E-state index >= 15 is 0 Å². The summed E-state index contributed by atoms with van der Waals surface area (Å²) in [7, 11) is 1.66. The highest BCUT2D eigenvalue weighted by atomic mass is 16.5. The molecular formula is C16H26N2O3. The average molecular weight is 294 g/mol. The van der Waals surface area contributed by atoms with Gasteiger partial charge in [-0.3, -0.25) is 0 Å². The Morgan fingerprint density at radius 1 is 1.19 bits per heavy atom. The van der Waals surface area contributed by atoms with E-state index in [4.69, 9.17) is 9.47 Å². The van der Waals surface area contributed by atoms with E-state index in [9.17, 15) is 4.79 Å². The summed E-state index contributed by atoms with van der Waals surface area (Å²) in [6, 6.07) is 9.69. The van der Waals surface area contributed by atoms with Gasteiger partial charge in [-0.2, -0.15) is 0 Å². The molecule has 118 valence electrons. The van der Waals surface area contributed by atoms with Crippen LogP contribution in [0, 0.1) is 0 Å². The van der Waals surface area contributed by atoms with Gasteiger partial charge in [0.25, 0.3) is 0 Å². The molecule has 1 aromatic rings. The van der Waals surface area contributed by atoms with Crippen LogP contribution in [0.3, 0.4) is 0 Å². The smallest absolute Gasteiger partial charge is 0.407 e. The van der Waals surface area contributed by atoms with Crippen LogP contribution in [0.25, 0.3) is 0 Å². The van der Waals surface area contributed by atoms with Crippen molar-refractivity contribution in [3.8, 4) is 0 Å². The molecule has 0 unspecified atom stereocenters. The molecule has 1 amide bonds. The van der Waals surface area contributed by atoms with Crippen LogP contribution < -0.4 is 10.6 Å². The second-order valence-corrected chi connectivity index (χ2v) is 4.84. The summed E-state index contributed by atoms with van der Waals surface area (Å²) in [6.45, 7) is 5.71. The molecule has 0 spiro atoms. The number of rotatable bonds is 9. The first-order chi connectivity index (χ1) is 10.2. The molecule has 0 aliphatic carbocycles. The number of nitrogens with one attached hydrogen (secondary N) is 2. The summed E-state index contributed by atoms with van der Waals surface area (Å²) >= 11 is 0. The third kappa shape index (κ3) is 6.60. The van der Waals surface area contributed by atoms with Crippen LogP contribution in [0.1, 0.15) is 25.8 Å². The molecule has 0 saturated heterocycles. The van der Waals surface area contributed by atoms with Crippen molar-refractivity contribution in [3.05, 3.63) is 35.9 Å². The van der Waals surface area contributed by atoms with Gasteiger partial charge in [-0.15, -0.1) is 0 Å². The monoisotopic (exact) mass is 294 g/mol. The number of hydrogen-bond acceptors (Lipinski definition) is 4. The summed E-state index contributed by atoms with van der Waals surface area (Å²) in [5.41, 5.74) is 0.973. The lowest BCUT2D eigenvalue weighted by Gasteiger charge is -2.27. The maximum atomic E-state index is 11.9. The second-order valence-electron chi connectivity index (χ2n) is 4.84. The lowest BCUT2D eigenvalue weighted by molar-refractivity contribution is 0.119. The molecule has 1 rings (SSSR count). The molecule has 0 bridgehead atoms. The van der Waals surface area contributed by atoms with Gasteiger partial charge < -0.3 is 20.1 Å². The van der Waals surface area contributed by atoms with Gasteiger partial charge in [0.1, 0.15) is 6.61 Å². The largest absolute Gasteiger partial charge is 0.445 e. The summed E-state index contributed by atoms with van der Waals surface area (Å²) in [5.74, 6) is 0. The van der Waals surface area contributed by atoms with Gasteiger partial charge in [0.15, 0.2) is 0 Å². The van der Waals surface area contributed by atoms with E-state index in [1.54, 1.807) is 7.11 Å². The Morgan fingerprint density at radius 3 is 2.48 bits per heavy atom. The summed E-state index contributed by atoms with van der Waals surface area (Å²) in [5, 5.41) is 6.22. The number of hydrogen-bond donors (Lipinski definition) is 2. The van der Waals surface area contributed by atoms with E-state index in [2.05, 4.69) is 10.6 Å². The average Bonchev–Trinajstić information content (AvgIpc) is 2.51. The van der Waals surface area contributed by atoms with Crippen LogP contribution in [-0.4, -0.2) is 38.4 Å². The van der Waals surface area contributed by atoms with Gasteiger partial charge in [-0.05, 0) is 18.5 Å². The Balaban J connectivity index is 2.45. The SMILES string of the molecule is CCN[C@H](COC)[C@H](CC)NC(=O)OCc1ccccc1. The third-order valence-corrected chi connectivity index (χ3v) is 3.25. The fourth-order valence-electron chi connectivity index (χ4n) is 2.16. The van der Waals surface area contributed by atoms with E-state index in [1.165, 1.54) is 0 Å². The molecular weight excluding hydrogens is 268 g/mol. The lowest BCUT2D eigenvalue weighted by Crippen LogP contribution is -2.52. The van der Waals surface area contributed by atoms with Crippen LogP contribution >= 0.6 is 0 Å². The number of likely N-dealkylation sites (N-methyl/N-ethyl adjacent to an activating group) is 1. The predicted octanol–water partition coefficient (Wildman–Crippen LogP) is 2.32. The van der Waals surface area contributed by atoms with Crippen LogP contribution in [-0.2, 0) is 16.1 Å². The fraction of sp³-hybridized carbons (Fsp3) is 0.562. The minimum absolute atomic E-state index is 0.0202. The molecule has 2 atom stereocenters. The first-order valence-electron chi connectivity index (χ1n) is 7.40. The van der Waals surface area contributed by atoms with E-state index in [0.717, 1.165) is 18.5 Å². The number of alkyl carbamates (subject to hydrolysis) is 1. The first-order valence-corrected chi connectivity index (χ1v) is 7.40. The van der Waals surface area contributed by atoms with Crippen molar-refractivity contribution in [2.75, 3.05) is 20.3 Å². The van der Waals surface area contributed by atoms with Crippen LogP contribution in [0.15, 0.2) is 30.3 Å². The molecule has 0 aliphatic heterocycles. The van der Waals surface area contributed by atoms with Crippen molar-refractivity contribution in [1.29, 1.82) is 0 Å². The van der Waals surface area contributed by atoms with Gasteiger partial charge >= 0.3 is 6.09 Å². The highest BCUT2D eigenvalue weighted by Gasteiger charge is 2.21. The van der Waals surface area contributed by atoms with Gasteiger partial charge in [-0.1, -0.05) is 44.2 Å². The standard InChI is InChI=1S/C16H26N2O3/c1-4-14(15(12-20-3)17-5-2)18-16(19)21-11-13-9-7-6-8-10-13/h6-10,14-15,17H,4-5,11-12H2,1-3H3,(H,18,19)/t14-,15+/m0/s1. The Kier molecular flexibility index (Phi) is 8.47. The van der Waals surface area contributed by atoms with Crippen molar-refractivity contribution in [1.82, 2.24) is 10.6 Å². The molecule has 0 aromatic heterocycles. The lowest BCUT2D eigenvalue weighted by atomic mass is 10.1. The van der Waals surface area contributed by atoms with E-state index in [0.29, 0.717) is 6.61 Å². The van der Waals surface area contributed by atoms with Crippen molar-refractivity contribution in [2.24, 2.45) is 0 Å². The summed E-state index contributed by atoms with van der Waals surface area (Å²) < 4.78 is 10.4. The Bertz CT molecular complexity index is 392. The van der Waals surface area contributed by atoms with Gasteiger partial charge in [-0.25, -0.2) is 4.79 Å². The van der Waals surface area contributed by atoms with Gasteiger partial charge in [0, 0.05) is 13.2 Å². The molecule has 0 fully saturated rings. The highest BCUT2D eigenvalue weighted by Crippen LogP contribution is 2.03. The predicted molar refractivity (Wildman–Crippen MR) is 83.2 cm³/mol. The molecule has 0 radical (unpaired) electrons. The van der Waals surface area contributed by atoms with Crippen molar-refractivity contribution in [2.45, 2.75) is 39.0 Å². The zero-order valence-electron chi connectivity index (χ0n) is 13.1. The van der Waals surface area contributed by atoms with Crippen LogP contribution in [0.2, 0.25) is 0 Å². The minimum atomic E-state index is -0.398. The molecule has 0 heterocycles. The quantitative estimate of drug-likeness (QED) is 0.734. The zero-order valence-corrected chi connectivity index (χ0v) is 13.1. The number of benzene rings is 1. The maximum absolute atomic E-state index is 11.9. The fourth-order valence-corrected chi connectivity index (χ4v) is 2.16. The molecule has 2 N–H and O–H groups in total. The summed E-state index contributed by atoms with van der Waals surface area (Å²) in [6.07, 6.45) is 0.409. The molecule has 5 nitrogen and oxygen atoms in total. The Morgan fingerprint density at radius 2 is 1.90 bits per heavy atom. The van der Waals surface area contributed by atoms with Gasteiger partial charge in [0.05, 0.1) is 12.6 Å². The molecule has 5 heteroatoms. The number of carbonyl (C=O) groups excluding carboxylic acids is 1. The zero-order chi connectivity index (χ0) is 15.5. The Labute approximate surface area is 127 Å². The maximum Gasteiger partial charge on any atom is 0.407 e. The van der Waals surface area contributed by atoms with E-state index < -0.39 is 6.09 Å². The number of methoxy groups -OCH3 is 1. The van der Waals surface area contributed by atoms with E-state index in [-0.39, 0.29) is 18.7 Å². The number of amides is 1. The van der Waals surface area contributed by atoms with Crippen molar-refractivity contribution >= 4 is 6.09 Å². The van der Waals surface area contributed by atoms with Crippen molar-refractivity contribution < 1.29 is 14.3 Å². The minimum Gasteiger partial charge on any atom is -0.445 e. The van der Waals surface area contributed by atoms with Gasteiger partial charge in [0.2, 0.25) is 0 Å². The molecule has 1 aromatic carbocycles. The van der Waals surface area contributed by atoms with E-state index in [1.807, 2.05) is 44.2 Å². The summed E-state index contributed by atoms with van der Waals surface area (Å²) in [4.78, 5) is 11.9. The molecule has 0 aliphatic rings. The third-order valence-electron chi connectivity index (χ3n) is 3.25. The molecule has 21 heavy (non-hydrogen) atoms.